The van der Waals surface area contributed by atoms with E-state index in [0.717, 1.165) is 18.9 Å². The van der Waals surface area contributed by atoms with Crippen LogP contribution in [0.4, 0.5) is 8.78 Å². The fourth-order valence-electron chi connectivity index (χ4n) is 2.46. The van der Waals surface area contributed by atoms with Gasteiger partial charge < -0.3 is 15.6 Å². The number of halogens is 2. The van der Waals surface area contributed by atoms with Crippen LogP contribution in [0.3, 0.4) is 0 Å². The van der Waals surface area contributed by atoms with Crippen LogP contribution in [-0.4, -0.2) is 12.2 Å². The number of rotatable bonds is 2. The second kappa shape index (κ2) is 4.14. The number of benzene rings is 1. The van der Waals surface area contributed by atoms with Crippen LogP contribution in [0.1, 0.15) is 31.2 Å². The van der Waals surface area contributed by atoms with Crippen molar-refractivity contribution in [1.82, 2.24) is 0 Å². The minimum atomic E-state index is -1.08. The normalized spacial score (nSPS) is 18.4. The summed E-state index contributed by atoms with van der Waals surface area (Å²) in [7, 11) is 1.29. The molecule has 1 aliphatic carbocycles. The van der Waals surface area contributed by atoms with Gasteiger partial charge in [-0.15, -0.1) is 0 Å². The molecule has 0 bridgehead atoms. The Bertz CT molecular complexity index is 443. The van der Waals surface area contributed by atoms with Crippen LogP contribution >= 0.6 is 0 Å². The van der Waals surface area contributed by atoms with Crippen molar-refractivity contribution in [2.75, 3.05) is 7.11 Å². The molecule has 0 aromatic heterocycles. The first-order valence-electron chi connectivity index (χ1n) is 5.54. The zero-order valence-electron chi connectivity index (χ0n) is 9.59. The first-order valence-corrected chi connectivity index (χ1v) is 5.54. The minimum absolute atomic E-state index is 0.0874. The first-order chi connectivity index (χ1) is 7.99. The van der Waals surface area contributed by atoms with Gasteiger partial charge in [0, 0.05) is 11.6 Å². The van der Waals surface area contributed by atoms with Gasteiger partial charge in [0.05, 0.1) is 12.7 Å². The van der Waals surface area contributed by atoms with Crippen molar-refractivity contribution < 1.29 is 18.6 Å². The fourth-order valence-corrected chi connectivity index (χ4v) is 2.46. The molecule has 94 valence electrons. The molecule has 1 aliphatic rings. The number of phenolic OH excluding ortho intramolecular Hbond substituents is 1. The average molecular weight is 243 g/mol. The van der Waals surface area contributed by atoms with Crippen LogP contribution < -0.4 is 10.5 Å². The van der Waals surface area contributed by atoms with Gasteiger partial charge in [-0.05, 0) is 12.8 Å². The number of nitrogens with two attached hydrogens (primary N) is 1. The zero-order chi connectivity index (χ0) is 12.6. The van der Waals surface area contributed by atoms with Gasteiger partial charge in [0.2, 0.25) is 0 Å². The molecule has 17 heavy (non-hydrogen) atoms. The number of ether oxygens (including phenoxy) is 1. The molecule has 1 aromatic rings. The van der Waals surface area contributed by atoms with Crippen molar-refractivity contribution in [2.24, 2.45) is 5.73 Å². The van der Waals surface area contributed by atoms with E-state index in [2.05, 4.69) is 0 Å². The minimum Gasteiger partial charge on any atom is -0.504 e. The van der Waals surface area contributed by atoms with Gasteiger partial charge in [-0.3, -0.25) is 0 Å². The molecule has 0 atom stereocenters. The molecule has 1 aromatic carbocycles. The van der Waals surface area contributed by atoms with Crippen molar-refractivity contribution in [3.63, 3.8) is 0 Å². The highest BCUT2D eigenvalue weighted by atomic mass is 19.2. The maximum absolute atomic E-state index is 13.8. The number of methoxy groups -OCH3 is 1. The van der Waals surface area contributed by atoms with Crippen molar-refractivity contribution in [3.05, 3.63) is 23.3 Å². The summed E-state index contributed by atoms with van der Waals surface area (Å²) in [6.07, 6.45) is 2.75. The van der Waals surface area contributed by atoms with Crippen molar-refractivity contribution in [1.29, 1.82) is 0 Å². The molecule has 0 amide bonds. The summed E-state index contributed by atoms with van der Waals surface area (Å²) in [6, 6.07) is 0.826. The van der Waals surface area contributed by atoms with Crippen LogP contribution in [-0.2, 0) is 5.54 Å². The highest BCUT2D eigenvalue weighted by Crippen LogP contribution is 2.45. The average Bonchev–Trinajstić information content (AvgIpc) is 2.71. The zero-order valence-corrected chi connectivity index (χ0v) is 9.59. The Morgan fingerprint density at radius 1 is 1.35 bits per heavy atom. The maximum atomic E-state index is 13.8. The molecule has 3 nitrogen and oxygen atoms in total. The first kappa shape index (κ1) is 12.1. The number of hydrogen-bond acceptors (Lipinski definition) is 3. The van der Waals surface area contributed by atoms with E-state index in [1.807, 2.05) is 0 Å². The quantitative estimate of drug-likeness (QED) is 0.838. The smallest absolute Gasteiger partial charge is 0.167 e. The summed E-state index contributed by atoms with van der Waals surface area (Å²) in [5.74, 6) is -2.61. The van der Waals surface area contributed by atoms with E-state index >= 15 is 0 Å². The monoisotopic (exact) mass is 243 g/mol. The summed E-state index contributed by atoms with van der Waals surface area (Å²) in [5.41, 5.74) is 4.90. The van der Waals surface area contributed by atoms with Crippen molar-refractivity contribution in [2.45, 2.75) is 31.2 Å². The van der Waals surface area contributed by atoms with E-state index in [1.165, 1.54) is 7.11 Å². The third-order valence-corrected chi connectivity index (χ3v) is 3.37. The Hall–Kier alpha value is -1.36. The lowest BCUT2D eigenvalue weighted by molar-refractivity contribution is 0.335. The Morgan fingerprint density at radius 3 is 2.47 bits per heavy atom. The molecule has 0 radical (unpaired) electrons. The number of phenols is 1. The fraction of sp³-hybridized carbons (Fsp3) is 0.500. The molecule has 3 N–H and O–H groups in total. The highest BCUT2D eigenvalue weighted by molar-refractivity contribution is 5.50. The molecule has 5 heteroatoms. The van der Waals surface area contributed by atoms with Crippen LogP contribution in [0.2, 0.25) is 0 Å². The van der Waals surface area contributed by atoms with Gasteiger partial charge in [-0.2, -0.15) is 0 Å². The summed E-state index contributed by atoms with van der Waals surface area (Å²) in [6.45, 7) is 0. The molecule has 0 saturated heterocycles. The van der Waals surface area contributed by atoms with Crippen molar-refractivity contribution in [3.8, 4) is 11.5 Å². The molecule has 1 fully saturated rings. The lowest BCUT2D eigenvalue weighted by atomic mass is 9.87. The third kappa shape index (κ3) is 1.84. The van der Waals surface area contributed by atoms with Crippen LogP contribution in [0.25, 0.3) is 0 Å². The Morgan fingerprint density at radius 2 is 1.94 bits per heavy atom. The molecular formula is C12H15F2NO2. The second-order valence-electron chi connectivity index (χ2n) is 4.46. The van der Waals surface area contributed by atoms with Gasteiger partial charge in [-0.1, -0.05) is 12.8 Å². The standard InChI is InChI=1S/C12H15F2NO2/c1-17-8-6-7(13)10(14)9(11(8)16)12(15)4-2-3-5-12/h6,16H,2-5,15H2,1H3. The molecular weight excluding hydrogens is 228 g/mol. The van der Waals surface area contributed by atoms with Gasteiger partial charge in [0.1, 0.15) is 0 Å². The van der Waals surface area contributed by atoms with Gasteiger partial charge in [0.15, 0.2) is 23.1 Å². The summed E-state index contributed by atoms with van der Waals surface area (Å²) in [5, 5.41) is 9.91. The van der Waals surface area contributed by atoms with Crippen molar-refractivity contribution >= 4 is 0 Å². The number of hydrogen-bond donors (Lipinski definition) is 2. The van der Waals surface area contributed by atoms with Gasteiger partial charge in [0.25, 0.3) is 0 Å². The van der Waals surface area contributed by atoms with E-state index < -0.39 is 22.9 Å². The number of aromatic hydroxyl groups is 1. The Balaban J connectivity index is 2.62. The highest BCUT2D eigenvalue weighted by Gasteiger charge is 2.38. The van der Waals surface area contributed by atoms with Crippen LogP contribution in [0, 0.1) is 11.6 Å². The molecule has 0 heterocycles. The summed E-state index contributed by atoms with van der Waals surface area (Å²) >= 11 is 0. The van der Waals surface area contributed by atoms with E-state index in [0.29, 0.717) is 12.8 Å². The van der Waals surface area contributed by atoms with E-state index in [9.17, 15) is 13.9 Å². The predicted octanol–water partition coefficient (Wildman–Crippen LogP) is 2.41. The van der Waals surface area contributed by atoms with Gasteiger partial charge >= 0.3 is 0 Å². The van der Waals surface area contributed by atoms with E-state index in [4.69, 9.17) is 10.5 Å². The van der Waals surface area contributed by atoms with E-state index in [1.54, 1.807) is 0 Å². The SMILES string of the molecule is COc1cc(F)c(F)c(C2(N)CCCC2)c1O. The van der Waals surface area contributed by atoms with Crippen LogP contribution in [0.5, 0.6) is 11.5 Å². The molecule has 1 saturated carbocycles. The topological polar surface area (TPSA) is 55.5 Å². The Labute approximate surface area is 98.2 Å². The lowest BCUT2D eigenvalue weighted by Gasteiger charge is -2.26. The predicted molar refractivity (Wildman–Crippen MR) is 58.9 cm³/mol. The molecule has 0 unspecified atom stereocenters. The summed E-state index contributed by atoms with van der Waals surface area (Å²) in [4.78, 5) is 0. The molecule has 0 aliphatic heterocycles. The Kier molecular flexibility index (Phi) is 2.95. The maximum Gasteiger partial charge on any atom is 0.167 e. The molecule has 2 rings (SSSR count). The summed E-state index contributed by atoms with van der Waals surface area (Å²) < 4.78 is 32.0. The largest absolute Gasteiger partial charge is 0.504 e. The van der Waals surface area contributed by atoms with Gasteiger partial charge in [-0.25, -0.2) is 8.78 Å². The van der Waals surface area contributed by atoms with E-state index in [-0.39, 0.29) is 11.3 Å². The second-order valence-corrected chi connectivity index (χ2v) is 4.46. The molecule has 0 spiro atoms. The van der Waals surface area contributed by atoms with Crippen LogP contribution in [0.15, 0.2) is 6.07 Å². The lowest BCUT2D eigenvalue weighted by Crippen LogP contribution is -2.34. The third-order valence-electron chi connectivity index (χ3n) is 3.37.